The van der Waals surface area contributed by atoms with E-state index in [4.69, 9.17) is 12.2 Å². The summed E-state index contributed by atoms with van der Waals surface area (Å²) in [6.45, 7) is 6.92. The Bertz CT molecular complexity index is 952. The van der Waals surface area contributed by atoms with Crippen LogP contribution in [-0.2, 0) is 10.0 Å². The van der Waals surface area contributed by atoms with Gasteiger partial charge in [-0.1, -0.05) is 26.0 Å². The fourth-order valence-corrected chi connectivity index (χ4v) is 4.97. The van der Waals surface area contributed by atoms with Gasteiger partial charge in [-0.25, -0.2) is 8.42 Å². The van der Waals surface area contributed by atoms with Crippen molar-refractivity contribution in [3.63, 3.8) is 0 Å². The second-order valence-electron chi connectivity index (χ2n) is 7.74. The second kappa shape index (κ2) is 9.87. The summed E-state index contributed by atoms with van der Waals surface area (Å²) in [6, 6.07) is 15.0. The van der Waals surface area contributed by atoms with E-state index in [9.17, 15) is 8.42 Å². The normalized spacial score (nSPS) is 16.8. The minimum Gasteiger partial charge on any atom is -0.332 e. The third-order valence-corrected chi connectivity index (χ3v) is 7.68. The summed E-state index contributed by atoms with van der Waals surface area (Å²) in [4.78, 5) is 2.43. The van der Waals surface area contributed by atoms with Crippen molar-refractivity contribution in [2.45, 2.75) is 31.1 Å². The summed E-state index contributed by atoms with van der Waals surface area (Å²) in [7, 11) is -1.46. The molecule has 3 rings (SSSR count). The van der Waals surface area contributed by atoms with Crippen molar-refractivity contribution in [1.82, 2.24) is 9.21 Å². The Kier molecular flexibility index (Phi) is 7.46. The van der Waals surface area contributed by atoms with Gasteiger partial charge in [0.1, 0.15) is 0 Å². The average molecular weight is 447 g/mol. The predicted octanol–water partition coefficient (Wildman–Crippen LogP) is 3.95. The van der Waals surface area contributed by atoms with Crippen molar-refractivity contribution >= 4 is 38.7 Å². The molecule has 1 aliphatic rings. The molecule has 162 valence electrons. The van der Waals surface area contributed by atoms with Crippen LogP contribution in [0.15, 0.2) is 53.4 Å². The number of nitrogens with one attached hydrogen (secondary N) is 2. The van der Waals surface area contributed by atoms with Crippen molar-refractivity contribution in [1.29, 1.82) is 0 Å². The van der Waals surface area contributed by atoms with Gasteiger partial charge in [0.2, 0.25) is 10.0 Å². The minimum atomic E-state index is -3.46. The van der Waals surface area contributed by atoms with Gasteiger partial charge in [-0.2, -0.15) is 4.31 Å². The lowest BCUT2D eigenvalue weighted by Crippen LogP contribution is -2.46. The van der Waals surface area contributed by atoms with Crippen LogP contribution in [-0.4, -0.2) is 56.0 Å². The minimum absolute atomic E-state index is 0.303. The predicted molar refractivity (Wildman–Crippen MR) is 128 cm³/mol. The number of rotatable bonds is 6. The Morgan fingerprint density at radius 1 is 0.967 bits per heavy atom. The Labute approximate surface area is 185 Å². The van der Waals surface area contributed by atoms with E-state index >= 15 is 0 Å². The first-order valence-electron chi connectivity index (χ1n) is 10.3. The fourth-order valence-electron chi connectivity index (χ4n) is 3.31. The Hall–Kier alpha value is -2.00. The third kappa shape index (κ3) is 5.57. The smallest absolute Gasteiger partial charge is 0.243 e. The molecule has 0 unspecified atom stereocenters. The average Bonchev–Trinajstić information content (AvgIpc) is 2.74. The molecule has 0 aromatic heterocycles. The summed E-state index contributed by atoms with van der Waals surface area (Å²) in [5, 5.41) is 6.73. The largest absolute Gasteiger partial charge is 0.332 e. The maximum atomic E-state index is 12.8. The van der Waals surface area contributed by atoms with Crippen LogP contribution in [0.1, 0.15) is 31.7 Å². The zero-order chi connectivity index (χ0) is 21.7. The number of hydrogen-bond acceptors (Lipinski definition) is 4. The number of piperazine rings is 1. The summed E-state index contributed by atoms with van der Waals surface area (Å²) < 4.78 is 27.2. The second-order valence-corrected chi connectivity index (χ2v) is 10.1. The highest BCUT2D eigenvalue weighted by molar-refractivity contribution is 7.89. The van der Waals surface area contributed by atoms with Crippen LogP contribution < -0.4 is 10.6 Å². The van der Waals surface area contributed by atoms with Crippen molar-refractivity contribution in [2.24, 2.45) is 0 Å². The first kappa shape index (κ1) is 22.7. The van der Waals surface area contributed by atoms with Crippen molar-refractivity contribution in [3.8, 4) is 0 Å². The van der Waals surface area contributed by atoms with E-state index in [1.54, 1.807) is 28.6 Å². The molecule has 2 aromatic rings. The highest BCUT2D eigenvalue weighted by Gasteiger charge is 2.27. The first-order chi connectivity index (χ1) is 14.3. The first-order valence-corrected chi connectivity index (χ1v) is 12.1. The maximum absolute atomic E-state index is 12.8. The van der Waals surface area contributed by atoms with Gasteiger partial charge in [-0.3, -0.25) is 0 Å². The topological polar surface area (TPSA) is 64.7 Å². The molecule has 0 radical (unpaired) electrons. The summed E-state index contributed by atoms with van der Waals surface area (Å²) in [6.07, 6.45) is 1.10. The molecule has 1 atom stereocenters. The molecule has 6 nitrogen and oxygen atoms in total. The molecule has 8 heteroatoms. The molecule has 1 fully saturated rings. The van der Waals surface area contributed by atoms with E-state index in [0.717, 1.165) is 30.9 Å². The number of thiocarbonyl (C=S) groups is 1. The highest BCUT2D eigenvalue weighted by Crippen LogP contribution is 2.22. The van der Waals surface area contributed by atoms with E-state index in [1.165, 1.54) is 5.56 Å². The standard InChI is InChI=1S/C22H30N4O2S2/c1-4-17(2)18-5-7-19(8-6-18)23-22(29)24-20-9-11-21(12-10-20)30(27,28)26-15-13-25(3)14-16-26/h5-12,17H,4,13-16H2,1-3H3,(H2,23,24,29)/t17-/m0/s1. The van der Waals surface area contributed by atoms with Crippen molar-refractivity contribution in [2.75, 3.05) is 43.9 Å². The van der Waals surface area contributed by atoms with Gasteiger partial charge in [0.15, 0.2) is 5.11 Å². The van der Waals surface area contributed by atoms with Crippen LogP contribution in [0.4, 0.5) is 11.4 Å². The number of likely N-dealkylation sites (N-methyl/N-ethyl adjacent to an activating group) is 1. The lowest BCUT2D eigenvalue weighted by atomic mass is 9.99. The molecule has 0 amide bonds. The zero-order valence-electron chi connectivity index (χ0n) is 17.8. The van der Waals surface area contributed by atoms with Crippen LogP contribution in [0, 0.1) is 0 Å². The SMILES string of the molecule is CC[C@H](C)c1ccc(NC(=S)Nc2ccc(S(=O)(=O)N3CCN(C)CC3)cc2)cc1. The van der Waals surface area contributed by atoms with Gasteiger partial charge in [0.05, 0.1) is 4.90 Å². The van der Waals surface area contributed by atoms with Crippen molar-refractivity contribution < 1.29 is 8.42 Å². The molecule has 1 heterocycles. The van der Waals surface area contributed by atoms with E-state index < -0.39 is 10.0 Å². The van der Waals surface area contributed by atoms with E-state index in [1.807, 2.05) is 19.2 Å². The maximum Gasteiger partial charge on any atom is 0.243 e. The van der Waals surface area contributed by atoms with Gasteiger partial charge in [0.25, 0.3) is 0 Å². The highest BCUT2D eigenvalue weighted by atomic mass is 32.2. The number of hydrogen-bond donors (Lipinski definition) is 2. The molecule has 30 heavy (non-hydrogen) atoms. The van der Waals surface area contributed by atoms with Crippen molar-refractivity contribution in [3.05, 3.63) is 54.1 Å². The molecule has 0 bridgehead atoms. The van der Waals surface area contributed by atoms with Gasteiger partial charge < -0.3 is 15.5 Å². The zero-order valence-corrected chi connectivity index (χ0v) is 19.4. The fraction of sp³-hybridized carbons (Fsp3) is 0.409. The third-order valence-electron chi connectivity index (χ3n) is 5.56. The van der Waals surface area contributed by atoms with Crippen LogP contribution in [0.3, 0.4) is 0 Å². The summed E-state index contributed by atoms with van der Waals surface area (Å²) in [5.41, 5.74) is 2.95. The Balaban J connectivity index is 1.59. The Morgan fingerprint density at radius 3 is 1.97 bits per heavy atom. The summed E-state index contributed by atoms with van der Waals surface area (Å²) in [5.74, 6) is 0.532. The molecule has 1 saturated heterocycles. The number of benzene rings is 2. The molecular formula is C22H30N4O2S2. The molecule has 0 spiro atoms. The molecule has 2 aromatic carbocycles. The van der Waals surface area contributed by atoms with Crippen LogP contribution in [0.2, 0.25) is 0 Å². The lowest BCUT2D eigenvalue weighted by Gasteiger charge is -2.31. The molecule has 0 aliphatic carbocycles. The molecular weight excluding hydrogens is 416 g/mol. The van der Waals surface area contributed by atoms with E-state index in [2.05, 4.69) is 41.5 Å². The van der Waals surface area contributed by atoms with Crippen LogP contribution >= 0.6 is 12.2 Å². The van der Waals surface area contributed by atoms with Gasteiger partial charge in [0, 0.05) is 37.6 Å². The quantitative estimate of drug-likeness (QED) is 0.655. The number of sulfonamides is 1. The molecule has 0 saturated carbocycles. The monoisotopic (exact) mass is 446 g/mol. The van der Waals surface area contributed by atoms with E-state index in [-0.39, 0.29) is 0 Å². The van der Waals surface area contributed by atoms with E-state index in [0.29, 0.717) is 29.0 Å². The molecule has 1 aliphatic heterocycles. The van der Waals surface area contributed by atoms with Gasteiger partial charge in [-0.15, -0.1) is 0 Å². The van der Waals surface area contributed by atoms with Crippen LogP contribution in [0.5, 0.6) is 0 Å². The van der Waals surface area contributed by atoms with Gasteiger partial charge >= 0.3 is 0 Å². The van der Waals surface area contributed by atoms with Gasteiger partial charge in [-0.05, 0) is 73.6 Å². The summed E-state index contributed by atoms with van der Waals surface area (Å²) >= 11 is 5.39. The Morgan fingerprint density at radius 2 is 1.47 bits per heavy atom. The lowest BCUT2D eigenvalue weighted by molar-refractivity contribution is 0.222. The number of nitrogens with zero attached hydrogens (tertiary/aromatic N) is 2. The van der Waals surface area contributed by atoms with Crippen LogP contribution in [0.25, 0.3) is 0 Å². The molecule has 2 N–H and O–H groups in total. The number of anilines is 2.